The van der Waals surface area contributed by atoms with Crippen LogP contribution in [0.1, 0.15) is 37.3 Å². The van der Waals surface area contributed by atoms with Crippen LogP contribution in [0.2, 0.25) is 0 Å². The highest BCUT2D eigenvalue weighted by Crippen LogP contribution is 2.31. The van der Waals surface area contributed by atoms with Crippen LogP contribution in [0.3, 0.4) is 0 Å². The highest BCUT2D eigenvalue weighted by Gasteiger charge is 2.24. The Kier molecular flexibility index (Phi) is 4.04. The number of nitrogens with zero attached hydrogens (tertiary/aromatic N) is 1. The first-order valence-corrected chi connectivity index (χ1v) is 7.50. The number of hydrogen-bond donors (Lipinski definition) is 1. The van der Waals surface area contributed by atoms with E-state index < -0.39 is 0 Å². The number of rotatable bonds is 4. The second-order valence-corrected chi connectivity index (χ2v) is 5.77. The average Bonchev–Trinajstić information content (AvgIpc) is 2.85. The zero-order valence-electron chi connectivity index (χ0n) is 11.8. The molecule has 0 amide bonds. The number of fused-ring (bicyclic) bond motifs is 1. The Balaban J connectivity index is 1.48. The molecule has 1 fully saturated rings. The van der Waals surface area contributed by atoms with Crippen molar-refractivity contribution in [1.82, 2.24) is 10.2 Å². The molecular weight excluding hydrogens is 236 g/mol. The van der Waals surface area contributed by atoms with Crippen molar-refractivity contribution in [3.63, 3.8) is 0 Å². The van der Waals surface area contributed by atoms with Crippen molar-refractivity contribution >= 4 is 0 Å². The second-order valence-electron chi connectivity index (χ2n) is 5.77. The second kappa shape index (κ2) is 5.93. The van der Waals surface area contributed by atoms with Crippen LogP contribution < -0.4 is 10.1 Å². The monoisotopic (exact) mass is 260 g/mol. The van der Waals surface area contributed by atoms with Gasteiger partial charge in [0, 0.05) is 11.6 Å². The van der Waals surface area contributed by atoms with Crippen LogP contribution in [0.5, 0.6) is 5.75 Å². The van der Waals surface area contributed by atoms with Gasteiger partial charge in [0.1, 0.15) is 12.4 Å². The first-order valence-electron chi connectivity index (χ1n) is 7.50. The van der Waals surface area contributed by atoms with E-state index in [-0.39, 0.29) is 0 Å². The molecule has 1 aromatic rings. The number of likely N-dealkylation sites (tertiary alicyclic amines) is 1. The third-order valence-corrected chi connectivity index (χ3v) is 4.49. The smallest absolute Gasteiger partial charge is 0.124 e. The predicted octanol–water partition coefficient (Wildman–Crippen LogP) is 2.58. The minimum absolute atomic E-state index is 0.380. The minimum Gasteiger partial charge on any atom is -0.491 e. The summed E-state index contributed by atoms with van der Waals surface area (Å²) in [6.07, 6.45) is 5.36. The van der Waals surface area contributed by atoms with Crippen LogP contribution >= 0.6 is 0 Å². The lowest BCUT2D eigenvalue weighted by molar-refractivity contribution is 0.173. The molecule has 2 unspecified atom stereocenters. The van der Waals surface area contributed by atoms with Crippen molar-refractivity contribution in [3.05, 3.63) is 29.8 Å². The van der Waals surface area contributed by atoms with E-state index in [1.54, 1.807) is 0 Å². The number of nitrogens with one attached hydrogen (secondary N) is 1. The van der Waals surface area contributed by atoms with E-state index in [1.165, 1.54) is 37.8 Å². The summed E-state index contributed by atoms with van der Waals surface area (Å²) in [5.74, 6) is 1.05. The van der Waals surface area contributed by atoms with E-state index in [1.807, 2.05) is 6.07 Å². The van der Waals surface area contributed by atoms with Gasteiger partial charge in [-0.05, 0) is 45.5 Å². The molecule has 1 aromatic carbocycles. The Morgan fingerprint density at radius 1 is 1.32 bits per heavy atom. The molecule has 1 saturated heterocycles. The van der Waals surface area contributed by atoms with Gasteiger partial charge in [0.2, 0.25) is 0 Å². The van der Waals surface area contributed by atoms with Crippen LogP contribution in [0.25, 0.3) is 0 Å². The molecule has 3 nitrogen and oxygen atoms in total. The molecule has 2 atom stereocenters. The summed E-state index contributed by atoms with van der Waals surface area (Å²) in [7, 11) is 2.26. The predicted molar refractivity (Wildman–Crippen MR) is 77.6 cm³/mol. The fourth-order valence-corrected chi connectivity index (χ4v) is 3.26. The van der Waals surface area contributed by atoms with Crippen LogP contribution in [0.4, 0.5) is 0 Å². The van der Waals surface area contributed by atoms with E-state index in [9.17, 15) is 0 Å². The maximum Gasteiger partial charge on any atom is 0.124 e. The Hall–Kier alpha value is -1.06. The average molecular weight is 260 g/mol. The number of benzene rings is 1. The number of para-hydroxylation sites is 1. The van der Waals surface area contributed by atoms with Crippen molar-refractivity contribution in [2.75, 3.05) is 26.7 Å². The molecule has 3 heteroatoms. The summed E-state index contributed by atoms with van der Waals surface area (Å²) >= 11 is 0. The number of ether oxygens (including phenoxy) is 1. The van der Waals surface area contributed by atoms with E-state index in [4.69, 9.17) is 4.74 Å². The lowest BCUT2D eigenvalue weighted by Crippen LogP contribution is -2.38. The molecule has 2 aliphatic rings. The summed E-state index contributed by atoms with van der Waals surface area (Å²) in [6, 6.07) is 9.51. The standard InChI is InChI=1S/C16H24N2O/c1-18-11-5-4-6-13(18)9-10-17-15-12-19-16-8-3-2-7-14(15)16/h2-3,7-8,13,15,17H,4-6,9-12H2,1H3. The van der Waals surface area contributed by atoms with Gasteiger partial charge in [-0.2, -0.15) is 0 Å². The Morgan fingerprint density at radius 3 is 3.11 bits per heavy atom. The lowest BCUT2D eigenvalue weighted by atomic mass is 10.00. The molecule has 0 aliphatic carbocycles. The molecule has 1 N–H and O–H groups in total. The summed E-state index contributed by atoms with van der Waals surface area (Å²) < 4.78 is 5.70. The Bertz CT molecular complexity index is 421. The normalized spacial score (nSPS) is 27.0. The SMILES string of the molecule is CN1CCCCC1CCNC1COc2ccccc21. The summed E-state index contributed by atoms with van der Waals surface area (Å²) in [6.45, 7) is 3.12. The fraction of sp³-hybridized carbons (Fsp3) is 0.625. The first kappa shape index (κ1) is 12.9. The molecular formula is C16H24N2O. The van der Waals surface area contributed by atoms with Gasteiger partial charge in [0.05, 0.1) is 6.04 Å². The van der Waals surface area contributed by atoms with Gasteiger partial charge in [-0.15, -0.1) is 0 Å². The van der Waals surface area contributed by atoms with Crippen molar-refractivity contribution in [2.45, 2.75) is 37.8 Å². The molecule has 0 saturated carbocycles. The van der Waals surface area contributed by atoms with Gasteiger partial charge in [-0.1, -0.05) is 24.6 Å². The summed E-state index contributed by atoms with van der Waals surface area (Å²) in [4.78, 5) is 2.52. The highest BCUT2D eigenvalue weighted by atomic mass is 16.5. The molecule has 0 bridgehead atoms. The largest absolute Gasteiger partial charge is 0.491 e. The van der Waals surface area contributed by atoms with Crippen molar-refractivity contribution in [2.24, 2.45) is 0 Å². The number of hydrogen-bond acceptors (Lipinski definition) is 3. The van der Waals surface area contributed by atoms with Crippen molar-refractivity contribution < 1.29 is 4.74 Å². The lowest BCUT2D eigenvalue weighted by Gasteiger charge is -2.32. The van der Waals surface area contributed by atoms with E-state index >= 15 is 0 Å². The molecule has 0 radical (unpaired) electrons. The van der Waals surface area contributed by atoms with Gasteiger partial charge in [0.15, 0.2) is 0 Å². The molecule has 0 spiro atoms. The summed E-state index contributed by atoms with van der Waals surface area (Å²) in [5, 5.41) is 3.65. The van der Waals surface area contributed by atoms with E-state index in [0.29, 0.717) is 6.04 Å². The van der Waals surface area contributed by atoms with Gasteiger partial charge in [-0.25, -0.2) is 0 Å². The van der Waals surface area contributed by atoms with Crippen molar-refractivity contribution in [1.29, 1.82) is 0 Å². The third kappa shape index (κ3) is 2.93. The third-order valence-electron chi connectivity index (χ3n) is 4.49. The quantitative estimate of drug-likeness (QED) is 0.900. The highest BCUT2D eigenvalue weighted by molar-refractivity contribution is 5.39. The van der Waals surface area contributed by atoms with E-state index in [2.05, 4.69) is 35.5 Å². The summed E-state index contributed by atoms with van der Waals surface area (Å²) in [5.41, 5.74) is 1.32. The van der Waals surface area contributed by atoms with Crippen LogP contribution in [0.15, 0.2) is 24.3 Å². The van der Waals surface area contributed by atoms with Crippen molar-refractivity contribution in [3.8, 4) is 5.75 Å². The van der Waals surface area contributed by atoms with Gasteiger partial charge < -0.3 is 15.0 Å². The molecule has 19 heavy (non-hydrogen) atoms. The maximum atomic E-state index is 5.70. The Labute approximate surface area is 115 Å². The Morgan fingerprint density at radius 2 is 2.21 bits per heavy atom. The van der Waals surface area contributed by atoms with Gasteiger partial charge in [-0.3, -0.25) is 0 Å². The maximum absolute atomic E-state index is 5.70. The van der Waals surface area contributed by atoms with Crippen LogP contribution in [-0.4, -0.2) is 37.7 Å². The molecule has 2 heterocycles. The first-order chi connectivity index (χ1) is 9.34. The molecule has 3 rings (SSSR count). The zero-order valence-corrected chi connectivity index (χ0v) is 11.8. The van der Waals surface area contributed by atoms with Gasteiger partial charge in [0.25, 0.3) is 0 Å². The van der Waals surface area contributed by atoms with Crippen LogP contribution in [0, 0.1) is 0 Å². The topological polar surface area (TPSA) is 24.5 Å². The fourth-order valence-electron chi connectivity index (χ4n) is 3.26. The molecule has 2 aliphatic heterocycles. The minimum atomic E-state index is 0.380. The molecule has 0 aromatic heterocycles. The van der Waals surface area contributed by atoms with E-state index in [0.717, 1.165) is 24.9 Å². The van der Waals surface area contributed by atoms with Crippen LogP contribution in [-0.2, 0) is 0 Å². The van der Waals surface area contributed by atoms with Gasteiger partial charge >= 0.3 is 0 Å². The molecule has 104 valence electrons. The number of piperidine rings is 1. The zero-order chi connectivity index (χ0) is 13.1.